The fourth-order valence-electron chi connectivity index (χ4n) is 1.71. The fraction of sp³-hybridized carbons (Fsp3) is 0.357. The van der Waals surface area contributed by atoms with Crippen LogP contribution in [-0.2, 0) is 4.79 Å². The molecule has 1 aliphatic carbocycles. The van der Waals surface area contributed by atoms with Crippen LogP contribution < -0.4 is 16.0 Å². The Bertz CT molecular complexity index is 569. The Balaban J connectivity index is 1.87. The van der Waals surface area contributed by atoms with Gasteiger partial charge in [0.05, 0.1) is 5.56 Å². The van der Waals surface area contributed by atoms with Crippen LogP contribution >= 0.6 is 0 Å². The molecule has 1 atom stereocenters. The van der Waals surface area contributed by atoms with E-state index in [9.17, 15) is 14.4 Å². The van der Waals surface area contributed by atoms with Gasteiger partial charge in [-0.25, -0.2) is 9.59 Å². The topological polar surface area (TPSA) is 108 Å². The summed E-state index contributed by atoms with van der Waals surface area (Å²) in [4.78, 5) is 34.3. The van der Waals surface area contributed by atoms with Crippen molar-refractivity contribution in [1.82, 2.24) is 10.6 Å². The Labute approximate surface area is 121 Å². The van der Waals surface area contributed by atoms with Crippen LogP contribution in [0.3, 0.4) is 0 Å². The van der Waals surface area contributed by atoms with Crippen LogP contribution in [0.2, 0.25) is 0 Å². The first-order valence-electron chi connectivity index (χ1n) is 6.67. The van der Waals surface area contributed by atoms with Crippen molar-refractivity contribution in [3.63, 3.8) is 0 Å². The van der Waals surface area contributed by atoms with Gasteiger partial charge >= 0.3 is 12.0 Å². The molecule has 3 amide bonds. The van der Waals surface area contributed by atoms with E-state index in [0.29, 0.717) is 5.69 Å². The summed E-state index contributed by atoms with van der Waals surface area (Å²) in [6, 6.07) is 4.89. The van der Waals surface area contributed by atoms with E-state index in [4.69, 9.17) is 5.11 Å². The van der Waals surface area contributed by atoms with Crippen LogP contribution in [0.25, 0.3) is 0 Å². The average Bonchev–Trinajstić information content (AvgIpc) is 3.22. The summed E-state index contributed by atoms with van der Waals surface area (Å²) in [5.41, 5.74) is 0.425. The number of carbonyl (C=O) groups is 3. The summed E-state index contributed by atoms with van der Waals surface area (Å²) in [7, 11) is 0. The lowest BCUT2D eigenvalue weighted by atomic mass is 10.2. The van der Waals surface area contributed by atoms with E-state index in [-0.39, 0.29) is 17.5 Å². The normalized spacial score (nSPS) is 14.9. The van der Waals surface area contributed by atoms with Gasteiger partial charge in [-0.2, -0.15) is 0 Å². The maximum Gasteiger partial charge on any atom is 0.335 e. The number of amides is 3. The summed E-state index contributed by atoms with van der Waals surface area (Å²) >= 11 is 0. The molecular formula is C14H17N3O4. The highest BCUT2D eigenvalue weighted by Gasteiger charge is 2.26. The minimum absolute atomic E-state index is 0.0762. The number of hydrogen-bond donors (Lipinski definition) is 4. The van der Waals surface area contributed by atoms with E-state index in [2.05, 4.69) is 16.0 Å². The average molecular weight is 291 g/mol. The molecule has 0 saturated heterocycles. The molecule has 0 spiro atoms. The van der Waals surface area contributed by atoms with E-state index in [1.54, 1.807) is 13.0 Å². The van der Waals surface area contributed by atoms with Crippen LogP contribution in [0.5, 0.6) is 0 Å². The maximum absolute atomic E-state index is 11.8. The summed E-state index contributed by atoms with van der Waals surface area (Å²) in [5.74, 6) is -1.30. The molecule has 0 bridgehead atoms. The van der Waals surface area contributed by atoms with Crippen LogP contribution in [0.4, 0.5) is 10.5 Å². The van der Waals surface area contributed by atoms with Gasteiger partial charge in [-0.15, -0.1) is 0 Å². The molecule has 21 heavy (non-hydrogen) atoms. The van der Waals surface area contributed by atoms with Gasteiger partial charge in [-0.3, -0.25) is 4.79 Å². The second-order valence-electron chi connectivity index (χ2n) is 4.99. The van der Waals surface area contributed by atoms with E-state index < -0.39 is 18.0 Å². The number of benzene rings is 1. The smallest absolute Gasteiger partial charge is 0.335 e. The first-order chi connectivity index (χ1) is 9.95. The number of carbonyl (C=O) groups excluding carboxylic acids is 2. The molecule has 4 N–H and O–H groups in total. The third kappa shape index (κ3) is 4.48. The predicted octanol–water partition coefficient (Wildman–Crippen LogP) is 1.17. The molecule has 112 valence electrons. The van der Waals surface area contributed by atoms with Crippen LogP contribution in [-0.4, -0.2) is 35.1 Å². The van der Waals surface area contributed by atoms with Crippen LogP contribution in [0.15, 0.2) is 24.3 Å². The number of carboxylic acid groups (broad SMARTS) is 1. The zero-order chi connectivity index (χ0) is 15.4. The van der Waals surface area contributed by atoms with E-state index in [1.807, 2.05) is 0 Å². The molecule has 1 saturated carbocycles. The molecule has 7 heteroatoms. The summed E-state index contributed by atoms with van der Waals surface area (Å²) < 4.78 is 0. The summed E-state index contributed by atoms with van der Waals surface area (Å²) in [6.07, 6.45) is 1.96. The monoisotopic (exact) mass is 291 g/mol. The highest BCUT2D eigenvalue weighted by atomic mass is 16.4. The Hall–Kier alpha value is -2.57. The summed E-state index contributed by atoms with van der Waals surface area (Å²) in [6.45, 7) is 1.59. The standard InChI is InChI=1S/C14H17N3O4/c1-8(12(18)16-10-5-6-10)15-14(21)17-11-4-2-3-9(7-11)13(19)20/h2-4,7-8,10H,5-6H2,1H3,(H,16,18)(H,19,20)(H2,15,17,21). The first-order valence-corrected chi connectivity index (χ1v) is 6.67. The van der Waals surface area contributed by atoms with Gasteiger partial charge in [0.25, 0.3) is 0 Å². The molecule has 1 fully saturated rings. The first kappa shape index (κ1) is 14.8. The van der Waals surface area contributed by atoms with Gasteiger partial charge < -0.3 is 21.1 Å². The fourth-order valence-corrected chi connectivity index (χ4v) is 1.71. The van der Waals surface area contributed by atoms with Gasteiger partial charge in [0.15, 0.2) is 0 Å². The molecule has 0 aromatic heterocycles. The molecule has 2 rings (SSSR count). The lowest BCUT2D eigenvalue weighted by Gasteiger charge is -2.14. The van der Waals surface area contributed by atoms with Gasteiger partial charge in [0, 0.05) is 11.7 Å². The molecule has 7 nitrogen and oxygen atoms in total. The molecule has 1 aromatic carbocycles. The molecule has 1 aromatic rings. The third-order valence-corrected chi connectivity index (χ3v) is 3.03. The number of rotatable bonds is 5. The van der Waals surface area contributed by atoms with Crippen LogP contribution in [0.1, 0.15) is 30.1 Å². The Kier molecular flexibility index (Phi) is 4.42. The van der Waals surface area contributed by atoms with Crippen molar-refractivity contribution in [2.45, 2.75) is 31.8 Å². The maximum atomic E-state index is 11.8. The second kappa shape index (κ2) is 6.25. The highest BCUT2D eigenvalue weighted by Crippen LogP contribution is 2.18. The second-order valence-corrected chi connectivity index (χ2v) is 4.99. The lowest BCUT2D eigenvalue weighted by molar-refractivity contribution is -0.122. The SMILES string of the molecule is CC(NC(=O)Nc1cccc(C(=O)O)c1)C(=O)NC1CC1. The van der Waals surface area contributed by atoms with Crippen molar-refractivity contribution in [3.8, 4) is 0 Å². The van der Waals surface area contributed by atoms with Crippen molar-refractivity contribution >= 4 is 23.6 Å². The zero-order valence-electron chi connectivity index (χ0n) is 11.6. The molecule has 0 heterocycles. The largest absolute Gasteiger partial charge is 0.478 e. The quantitative estimate of drug-likeness (QED) is 0.653. The van der Waals surface area contributed by atoms with Crippen molar-refractivity contribution < 1.29 is 19.5 Å². The molecule has 0 aliphatic heterocycles. The van der Waals surface area contributed by atoms with Crippen molar-refractivity contribution in [1.29, 1.82) is 0 Å². The molecule has 0 radical (unpaired) electrons. The van der Waals surface area contributed by atoms with Crippen molar-refractivity contribution in [3.05, 3.63) is 29.8 Å². The Morgan fingerprint density at radius 3 is 2.62 bits per heavy atom. The third-order valence-electron chi connectivity index (χ3n) is 3.03. The van der Waals surface area contributed by atoms with Gasteiger partial charge in [-0.1, -0.05) is 6.07 Å². The number of hydrogen-bond acceptors (Lipinski definition) is 3. The van der Waals surface area contributed by atoms with Crippen LogP contribution in [0, 0.1) is 0 Å². The van der Waals surface area contributed by atoms with Gasteiger partial charge in [0.2, 0.25) is 5.91 Å². The summed E-state index contributed by atoms with van der Waals surface area (Å²) in [5, 5.41) is 16.7. The highest BCUT2D eigenvalue weighted by molar-refractivity contribution is 5.95. The number of nitrogens with one attached hydrogen (secondary N) is 3. The van der Waals surface area contributed by atoms with E-state index in [1.165, 1.54) is 18.2 Å². The minimum Gasteiger partial charge on any atom is -0.478 e. The predicted molar refractivity (Wildman–Crippen MR) is 76.2 cm³/mol. The van der Waals surface area contributed by atoms with Gasteiger partial charge in [-0.05, 0) is 38.0 Å². The molecular weight excluding hydrogens is 274 g/mol. The van der Waals surface area contributed by atoms with Crippen molar-refractivity contribution in [2.75, 3.05) is 5.32 Å². The molecule has 1 unspecified atom stereocenters. The zero-order valence-corrected chi connectivity index (χ0v) is 11.6. The molecule has 1 aliphatic rings. The Morgan fingerprint density at radius 1 is 1.29 bits per heavy atom. The van der Waals surface area contributed by atoms with E-state index in [0.717, 1.165) is 12.8 Å². The minimum atomic E-state index is -1.07. The van der Waals surface area contributed by atoms with E-state index >= 15 is 0 Å². The number of anilines is 1. The number of carboxylic acids is 1. The number of aromatic carboxylic acids is 1. The van der Waals surface area contributed by atoms with Gasteiger partial charge in [0.1, 0.15) is 6.04 Å². The lowest BCUT2D eigenvalue weighted by Crippen LogP contribution is -2.46. The Morgan fingerprint density at radius 2 is 2.00 bits per heavy atom. The van der Waals surface area contributed by atoms with Crippen molar-refractivity contribution in [2.24, 2.45) is 0 Å². The number of urea groups is 1.